The summed E-state index contributed by atoms with van der Waals surface area (Å²) in [6.07, 6.45) is 0. The molecule has 2 rings (SSSR count). The number of benzene rings is 1. The molecule has 0 bridgehead atoms. The van der Waals surface area contributed by atoms with Gasteiger partial charge in [-0.2, -0.15) is 0 Å². The van der Waals surface area contributed by atoms with Crippen LogP contribution in [0.1, 0.15) is 25.3 Å². The number of hydrogen-bond donors (Lipinski definition) is 1. The van der Waals surface area contributed by atoms with Crippen LogP contribution in [0.25, 0.3) is 0 Å². The standard InChI is InChI=1S/C12H11F3O2/c1-12(2)9(10(12)11(16)17)5-3-7(14)8(15)4-6(5)13/h3-4,9-10H,1-2H3,(H,16,17). The normalized spacial score (nSPS) is 25.7. The van der Waals surface area contributed by atoms with E-state index in [1.807, 2.05) is 0 Å². The molecule has 1 fully saturated rings. The van der Waals surface area contributed by atoms with Gasteiger partial charge in [0.25, 0.3) is 0 Å². The second-order valence-corrected chi connectivity index (χ2v) is 4.90. The second kappa shape index (κ2) is 3.48. The van der Waals surface area contributed by atoms with Gasteiger partial charge in [-0.3, -0.25) is 4.79 Å². The predicted molar refractivity (Wildman–Crippen MR) is 54.0 cm³/mol. The van der Waals surface area contributed by atoms with E-state index >= 15 is 0 Å². The third-order valence-electron chi connectivity index (χ3n) is 3.47. The molecule has 2 unspecified atom stereocenters. The van der Waals surface area contributed by atoms with Crippen LogP contribution in [0.4, 0.5) is 13.2 Å². The van der Waals surface area contributed by atoms with Gasteiger partial charge in [0.1, 0.15) is 5.82 Å². The summed E-state index contributed by atoms with van der Waals surface area (Å²) in [5.74, 6) is -5.75. The Morgan fingerprint density at radius 3 is 2.18 bits per heavy atom. The van der Waals surface area contributed by atoms with E-state index in [1.54, 1.807) is 13.8 Å². The minimum absolute atomic E-state index is 0.0682. The quantitative estimate of drug-likeness (QED) is 0.812. The number of carboxylic acid groups (broad SMARTS) is 1. The molecule has 0 saturated heterocycles. The first-order valence-corrected chi connectivity index (χ1v) is 5.14. The van der Waals surface area contributed by atoms with Gasteiger partial charge in [0.2, 0.25) is 0 Å². The zero-order valence-electron chi connectivity index (χ0n) is 9.30. The number of hydrogen-bond acceptors (Lipinski definition) is 1. The number of aliphatic carboxylic acids is 1. The predicted octanol–water partition coefficient (Wildman–Crippen LogP) is 2.93. The number of carbonyl (C=O) groups is 1. The van der Waals surface area contributed by atoms with E-state index in [-0.39, 0.29) is 5.56 Å². The molecule has 5 heteroatoms. The second-order valence-electron chi connectivity index (χ2n) is 4.90. The minimum Gasteiger partial charge on any atom is -0.481 e. The van der Waals surface area contributed by atoms with Crippen LogP contribution in [0, 0.1) is 28.8 Å². The van der Waals surface area contributed by atoms with Crippen molar-refractivity contribution in [3.63, 3.8) is 0 Å². The molecule has 1 aliphatic carbocycles. The molecular weight excluding hydrogens is 233 g/mol. The molecule has 1 aromatic rings. The summed E-state index contributed by atoms with van der Waals surface area (Å²) in [6, 6.07) is 1.21. The van der Waals surface area contributed by atoms with Crippen molar-refractivity contribution in [2.24, 2.45) is 11.3 Å². The Balaban J connectivity index is 2.44. The smallest absolute Gasteiger partial charge is 0.307 e. The third-order valence-corrected chi connectivity index (χ3v) is 3.47. The zero-order chi connectivity index (χ0) is 13.0. The fraction of sp³-hybridized carbons (Fsp3) is 0.417. The monoisotopic (exact) mass is 244 g/mol. The highest BCUT2D eigenvalue weighted by molar-refractivity contribution is 5.77. The van der Waals surface area contributed by atoms with Crippen molar-refractivity contribution in [2.45, 2.75) is 19.8 Å². The van der Waals surface area contributed by atoms with E-state index in [1.165, 1.54) is 0 Å². The van der Waals surface area contributed by atoms with Crippen molar-refractivity contribution in [1.82, 2.24) is 0 Å². The zero-order valence-corrected chi connectivity index (χ0v) is 9.30. The van der Waals surface area contributed by atoms with E-state index in [9.17, 15) is 18.0 Å². The summed E-state index contributed by atoms with van der Waals surface area (Å²) >= 11 is 0. The van der Waals surface area contributed by atoms with E-state index < -0.39 is 40.7 Å². The van der Waals surface area contributed by atoms with Crippen LogP contribution < -0.4 is 0 Å². The van der Waals surface area contributed by atoms with Crippen molar-refractivity contribution in [2.75, 3.05) is 0 Å². The average Bonchev–Trinajstić information content (AvgIpc) is 2.75. The summed E-state index contributed by atoms with van der Waals surface area (Å²) in [6.45, 7) is 3.33. The maximum Gasteiger partial charge on any atom is 0.307 e. The molecule has 0 radical (unpaired) electrons. The Hall–Kier alpha value is -1.52. The molecule has 0 heterocycles. The molecule has 0 amide bonds. The van der Waals surface area contributed by atoms with Crippen LogP contribution in [0.15, 0.2) is 12.1 Å². The summed E-state index contributed by atoms with van der Waals surface area (Å²) in [5.41, 5.74) is -0.710. The number of rotatable bonds is 2. The van der Waals surface area contributed by atoms with Gasteiger partial charge in [0, 0.05) is 12.0 Å². The van der Waals surface area contributed by atoms with Crippen molar-refractivity contribution < 1.29 is 23.1 Å². The van der Waals surface area contributed by atoms with Crippen LogP contribution in [-0.2, 0) is 4.79 Å². The Kier molecular flexibility index (Phi) is 2.45. The Morgan fingerprint density at radius 2 is 1.71 bits per heavy atom. The lowest BCUT2D eigenvalue weighted by molar-refractivity contribution is -0.139. The van der Waals surface area contributed by atoms with Gasteiger partial charge < -0.3 is 5.11 Å². The highest BCUT2D eigenvalue weighted by Crippen LogP contribution is 2.64. The van der Waals surface area contributed by atoms with Crippen LogP contribution in [-0.4, -0.2) is 11.1 Å². The van der Waals surface area contributed by atoms with E-state index in [0.29, 0.717) is 6.07 Å². The molecular formula is C12H11F3O2. The van der Waals surface area contributed by atoms with E-state index in [2.05, 4.69) is 0 Å². The Labute approximate surface area is 96.1 Å². The molecule has 17 heavy (non-hydrogen) atoms. The molecule has 2 atom stereocenters. The van der Waals surface area contributed by atoms with Gasteiger partial charge in [-0.1, -0.05) is 13.8 Å². The summed E-state index contributed by atoms with van der Waals surface area (Å²) in [7, 11) is 0. The van der Waals surface area contributed by atoms with E-state index in [4.69, 9.17) is 5.11 Å². The topological polar surface area (TPSA) is 37.3 Å². The largest absolute Gasteiger partial charge is 0.481 e. The average molecular weight is 244 g/mol. The highest BCUT2D eigenvalue weighted by atomic mass is 19.2. The van der Waals surface area contributed by atoms with Crippen LogP contribution in [0.2, 0.25) is 0 Å². The molecule has 1 saturated carbocycles. The molecule has 0 aromatic heterocycles. The fourth-order valence-corrected chi connectivity index (χ4v) is 2.46. The van der Waals surface area contributed by atoms with Crippen molar-refractivity contribution in [3.8, 4) is 0 Å². The minimum atomic E-state index is -1.27. The van der Waals surface area contributed by atoms with Gasteiger partial charge in [-0.05, 0) is 17.0 Å². The maximum atomic E-state index is 13.5. The summed E-state index contributed by atoms with van der Waals surface area (Å²) in [4.78, 5) is 10.9. The molecule has 0 aliphatic heterocycles. The molecule has 1 aromatic carbocycles. The first kappa shape index (κ1) is 12.0. The Bertz CT molecular complexity index is 497. The van der Waals surface area contributed by atoms with Crippen molar-refractivity contribution >= 4 is 5.97 Å². The van der Waals surface area contributed by atoms with Gasteiger partial charge >= 0.3 is 5.97 Å². The van der Waals surface area contributed by atoms with Gasteiger partial charge in [-0.15, -0.1) is 0 Å². The molecule has 1 N–H and O–H groups in total. The molecule has 1 aliphatic rings. The lowest BCUT2D eigenvalue weighted by Gasteiger charge is -2.05. The first-order chi connectivity index (χ1) is 7.76. The van der Waals surface area contributed by atoms with Crippen LogP contribution in [0.5, 0.6) is 0 Å². The highest BCUT2D eigenvalue weighted by Gasteiger charge is 2.63. The number of carboxylic acids is 1. The van der Waals surface area contributed by atoms with Crippen molar-refractivity contribution in [3.05, 3.63) is 35.1 Å². The summed E-state index contributed by atoms with van der Waals surface area (Å²) in [5, 5.41) is 8.95. The van der Waals surface area contributed by atoms with Gasteiger partial charge in [0.05, 0.1) is 5.92 Å². The van der Waals surface area contributed by atoms with Gasteiger partial charge in [0.15, 0.2) is 11.6 Å². The lowest BCUT2D eigenvalue weighted by atomic mass is 10.0. The van der Waals surface area contributed by atoms with Crippen molar-refractivity contribution in [1.29, 1.82) is 0 Å². The van der Waals surface area contributed by atoms with Crippen LogP contribution in [0.3, 0.4) is 0 Å². The maximum absolute atomic E-state index is 13.5. The van der Waals surface area contributed by atoms with Gasteiger partial charge in [-0.25, -0.2) is 13.2 Å². The Morgan fingerprint density at radius 1 is 1.18 bits per heavy atom. The van der Waals surface area contributed by atoms with E-state index in [0.717, 1.165) is 6.07 Å². The first-order valence-electron chi connectivity index (χ1n) is 5.14. The summed E-state index contributed by atoms with van der Waals surface area (Å²) < 4.78 is 39.3. The lowest BCUT2D eigenvalue weighted by Crippen LogP contribution is -2.03. The molecule has 2 nitrogen and oxygen atoms in total. The SMILES string of the molecule is CC1(C)C(C(=O)O)C1c1cc(F)c(F)cc1F. The molecule has 0 spiro atoms. The third kappa shape index (κ3) is 1.69. The molecule has 92 valence electrons. The van der Waals surface area contributed by atoms with Crippen LogP contribution >= 0.6 is 0 Å². The number of halogens is 3. The fourth-order valence-electron chi connectivity index (χ4n) is 2.46.